The molecule has 3 rings (SSSR count). The normalized spacial score (nSPS) is 13.2. The molecule has 0 radical (unpaired) electrons. The quantitative estimate of drug-likeness (QED) is 0.749. The maximum atomic E-state index is 12.5. The summed E-state index contributed by atoms with van der Waals surface area (Å²) in [6.45, 7) is 1.05. The van der Waals surface area contributed by atoms with Gasteiger partial charge in [-0.1, -0.05) is 36.4 Å². The van der Waals surface area contributed by atoms with E-state index in [0.717, 1.165) is 5.56 Å². The van der Waals surface area contributed by atoms with Gasteiger partial charge in [-0.3, -0.25) is 9.59 Å². The number of thioether (sulfide) groups is 1. The second kappa shape index (κ2) is 10.5. The van der Waals surface area contributed by atoms with Gasteiger partial charge in [-0.15, -0.1) is 11.8 Å². The van der Waals surface area contributed by atoms with Gasteiger partial charge in [0.05, 0.1) is 11.5 Å². The van der Waals surface area contributed by atoms with Crippen molar-refractivity contribution in [3.05, 3.63) is 60.3 Å². The molecule has 1 aliphatic rings. The van der Waals surface area contributed by atoms with E-state index >= 15 is 0 Å². The smallest absolute Gasteiger partial charge is 0.429 e. The largest absolute Gasteiger partial charge is 0.443 e. The van der Waals surface area contributed by atoms with Crippen molar-refractivity contribution in [2.24, 2.45) is 0 Å². The number of amides is 3. The average molecular weight is 414 g/mol. The Bertz CT molecular complexity index is 835. The van der Waals surface area contributed by atoms with Crippen molar-refractivity contribution < 1.29 is 19.1 Å². The van der Waals surface area contributed by atoms with Crippen molar-refractivity contribution in [3.63, 3.8) is 0 Å². The summed E-state index contributed by atoms with van der Waals surface area (Å²) < 4.78 is 5.32. The highest BCUT2D eigenvalue weighted by atomic mass is 32.2. The Morgan fingerprint density at radius 2 is 1.76 bits per heavy atom. The fourth-order valence-electron chi connectivity index (χ4n) is 2.78. The summed E-state index contributed by atoms with van der Waals surface area (Å²) in [6, 6.07) is 14.6. The second-order valence-corrected chi connectivity index (χ2v) is 7.28. The molecule has 1 fully saturated rings. The van der Waals surface area contributed by atoms with Gasteiger partial charge in [0.1, 0.15) is 12.4 Å². The average Bonchev–Trinajstić information content (AvgIpc) is 3.23. The number of rotatable bonds is 7. The Labute approximate surface area is 173 Å². The molecule has 0 bridgehead atoms. The molecule has 29 heavy (non-hydrogen) atoms. The number of ether oxygens (including phenoxy) is 1. The van der Waals surface area contributed by atoms with E-state index in [1.807, 2.05) is 30.3 Å². The lowest BCUT2D eigenvalue weighted by Crippen LogP contribution is -2.45. The number of nitrogens with one attached hydrogen (secondary N) is 1. The number of hydrazine groups is 1. The number of carbonyl (C=O) groups is 3. The van der Waals surface area contributed by atoms with Crippen LogP contribution in [0.2, 0.25) is 0 Å². The topological polar surface area (TPSA) is 91.8 Å². The number of aromatic nitrogens is 1. The molecular weight excluding hydrogens is 392 g/mol. The van der Waals surface area contributed by atoms with Gasteiger partial charge in [0.15, 0.2) is 0 Å². The molecule has 0 spiro atoms. The van der Waals surface area contributed by atoms with Gasteiger partial charge in [-0.05, 0) is 24.1 Å². The first-order valence-electron chi connectivity index (χ1n) is 9.20. The summed E-state index contributed by atoms with van der Waals surface area (Å²) in [5, 5.41) is 5.40. The van der Waals surface area contributed by atoms with E-state index in [1.54, 1.807) is 24.4 Å². The summed E-state index contributed by atoms with van der Waals surface area (Å²) in [6.07, 6.45) is 1.74. The van der Waals surface area contributed by atoms with Crippen molar-refractivity contribution in [1.29, 1.82) is 0 Å². The molecule has 1 aromatic heterocycles. The van der Waals surface area contributed by atoms with E-state index in [9.17, 15) is 14.4 Å². The van der Waals surface area contributed by atoms with Gasteiger partial charge in [-0.25, -0.2) is 19.8 Å². The Morgan fingerprint density at radius 3 is 2.52 bits per heavy atom. The molecule has 3 amide bonds. The van der Waals surface area contributed by atoms with Gasteiger partial charge < -0.3 is 10.1 Å². The highest BCUT2D eigenvalue weighted by molar-refractivity contribution is 8.00. The molecule has 1 aliphatic heterocycles. The van der Waals surface area contributed by atoms with Gasteiger partial charge in [-0.2, -0.15) is 0 Å². The highest BCUT2D eigenvalue weighted by Gasteiger charge is 2.31. The number of hydrogen-bond donors (Lipinski definition) is 1. The Morgan fingerprint density at radius 1 is 1.00 bits per heavy atom. The van der Waals surface area contributed by atoms with Crippen LogP contribution in [0, 0.1) is 0 Å². The predicted octanol–water partition coefficient (Wildman–Crippen LogP) is 2.54. The third-order valence-electron chi connectivity index (χ3n) is 4.13. The van der Waals surface area contributed by atoms with Crippen LogP contribution in [0.4, 0.5) is 10.6 Å². The summed E-state index contributed by atoms with van der Waals surface area (Å²) in [5.74, 6) is 0.223. The maximum absolute atomic E-state index is 12.5. The van der Waals surface area contributed by atoms with Crippen LogP contribution >= 0.6 is 11.8 Å². The number of nitrogens with zero attached hydrogens (tertiary/aromatic N) is 3. The van der Waals surface area contributed by atoms with Crippen LogP contribution in [-0.2, 0) is 20.9 Å². The molecule has 9 heteroatoms. The minimum absolute atomic E-state index is 0.0953. The van der Waals surface area contributed by atoms with E-state index in [4.69, 9.17) is 4.74 Å². The number of hydrogen-bond acceptors (Lipinski definition) is 6. The first-order valence-corrected chi connectivity index (χ1v) is 10.4. The molecule has 1 N–H and O–H groups in total. The number of benzene rings is 1. The zero-order valence-corrected chi connectivity index (χ0v) is 16.6. The maximum Gasteiger partial charge on any atom is 0.429 e. The van der Waals surface area contributed by atoms with E-state index < -0.39 is 6.09 Å². The minimum atomic E-state index is -0.544. The van der Waals surface area contributed by atoms with Gasteiger partial charge in [0, 0.05) is 19.3 Å². The first kappa shape index (κ1) is 20.7. The summed E-state index contributed by atoms with van der Waals surface area (Å²) in [4.78, 5) is 40.8. The fourth-order valence-corrected chi connectivity index (χ4v) is 3.46. The third kappa shape index (κ3) is 6.21. The fraction of sp³-hybridized carbons (Fsp3) is 0.300. The monoisotopic (exact) mass is 414 g/mol. The van der Waals surface area contributed by atoms with Crippen LogP contribution < -0.4 is 5.32 Å². The van der Waals surface area contributed by atoms with Crippen molar-refractivity contribution in [1.82, 2.24) is 15.0 Å². The van der Waals surface area contributed by atoms with Crippen LogP contribution in [-0.4, -0.2) is 57.5 Å². The van der Waals surface area contributed by atoms with Crippen LogP contribution in [0.1, 0.15) is 12.0 Å². The molecule has 152 valence electrons. The van der Waals surface area contributed by atoms with E-state index in [-0.39, 0.29) is 29.9 Å². The second-order valence-electron chi connectivity index (χ2n) is 6.29. The molecule has 2 heterocycles. The summed E-state index contributed by atoms with van der Waals surface area (Å²) in [7, 11) is 0. The molecule has 1 saturated heterocycles. The van der Waals surface area contributed by atoms with Gasteiger partial charge >= 0.3 is 6.09 Å². The number of pyridine rings is 1. The zero-order valence-electron chi connectivity index (χ0n) is 15.8. The molecule has 8 nitrogen and oxygen atoms in total. The predicted molar refractivity (Wildman–Crippen MR) is 110 cm³/mol. The Kier molecular flexibility index (Phi) is 7.46. The Hall–Kier alpha value is -3.07. The first-order chi connectivity index (χ1) is 14.1. The van der Waals surface area contributed by atoms with Gasteiger partial charge in [0.25, 0.3) is 5.91 Å². The van der Waals surface area contributed by atoms with Crippen LogP contribution in [0.3, 0.4) is 0 Å². The number of anilines is 1. The summed E-state index contributed by atoms with van der Waals surface area (Å²) in [5.41, 5.74) is 0.882. The lowest BCUT2D eigenvalue weighted by atomic mass is 10.2. The molecule has 0 aliphatic carbocycles. The van der Waals surface area contributed by atoms with Crippen LogP contribution in [0.5, 0.6) is 0 Å². The zero-order chi connectivity index (χ0) is 20.5. The standard InChI is InChI=1S/C20H22N4O4S/c25-18(22-17-9-4-5-10-21-17)14-29-15-19(26)23-11-6-12-24(23)20(27)28-13-16-7-2-1-3-8-16/h1-5,7-10H,6,11-15H2,(H,21,22,25). The molecule has 0 saturated carbocycles. The Balaban J connectivity index is 1.42. The van der Waals surface area contributed by atoms with Crippen molar-refractivity contribution >= 4 is 35.5 Å². The molecule has 2 aromatic rings. The molecule has 1 aromatic carbocycles. The van der Waals surface area contributed by atoms with E-state index in [1.165, 1.54) is 21.8 Å². The van der Waals surface area contributed by atoms with Crippen LogP contribution in [0.15, 0.2) is 54.7 Å². The van der Waals surface area contributed by atoms with E-state index in [2.05, 4.69) is 10.3 Å². The third-order valence-corrected chi connectivity index (χ3v) is 5.04. The van der Waals surface area contributed by atoms with Crippen molar-refractivity contribution in [2.45, 2.75) is 13.0 Å². The lowest BCUT2D eigenvalue weighted by molar-refractivity contribution is -0.138. The number of carbonyl (C=O) groups excluding carboxylic acids is 3. The summed E-state index contributed by atoms with van der Waals surface area (Å²) >= 11 is 1.19. The van der Waals surface area contributed by atoms with Crippen molar-refractivity contribution in [3.8, 4) is 0 Å². The SMILES string of the molecule is O=C(CSCC(=O)N1CCCN1C(=O)OCc1ccccc1)Nc1ccccn1. The van der Waals surface area contributed by atoms with Gasteiger partial charge in [0.2, 0.25) is 5.91 Å². The molecule has 0 unspecified atom stereocenters. The van der Waals surface area contributed by atoms with Crippen LogP contribution in [0.25, 0.3) is 0 Å². The van der Waals surface area contributed by atoms with E-state index in [0.29, 0.717) is 25.3 Å². The lowest BCUT2D eigenvalue weighted by Gasteiger charge is -2.27. The minimum Gasteiger partial charge on any atom is -0.443 e. The van der Waals surface area contributed by atoms with Crippen molar-refractivity contribution in [2.75, 3.05) is 29.9 Å². The highest BCUT2D eigenvalue weighted by Crippen LogP contribution is 2.16. The molecular formula is C20H22N4O4S. The molecule has 0 atom stereocenters.